The number of aromatic carboxylic acids is 1. The van der Waals surface area contributed by atoms with Crippen LogP contribution in [0.4, 0.5) is 17.1 Å². The van der Waals surface area contributed by atoms with E-state index in [9.17, 15) is 14.4 Å². The maximum absolute atomic E-state index is 13.1. The normalized spacial score (nSPS) is 11.8. The molecule has 0 atom stereocenters. The number of carboxylic acid groups (broad SMARTS) is 1. The smallest absolute Gasteiger partial charge is 0.335 e. The van der Waals surface area contributed by atoms with Crippen LogP contribution >= 0.6 is 0 Å². The van der Waals surface area contributed by atoms with Crippen molar-refractivity contribution in [1.82, 2.24) is 0 Å². The largest absolute Gasteiger partial charge is 0.478 e. The van der Waals surface area contributed by atoms with Gasteiger partial charge in [0.1, 0.15) is 0 Å². The third-order valence-corrected chi connectivity index (χ3v) is 7.21. The Morgan fingerprint density at radius 3 is 1.73 bits per heavy atom. The van der Waals surface area contributed by atoms with Gasteiger partial charge in [0, 0.05) is 34.1 Å². The Morgan fingerprint density at radius 1 is 0.585 bits per heavy atom. The van der Waals surface area contributed by atoms with E-state index in [0.29, 0.717) is 17.1 Å². The zero-order chi connectivity index (χ0) is 28.5. The van der Waals surface area contributed by atoms with E-state index in [2.05, 4.69) is 59.2 Å². The van der Waals surface area contributed by atoms with Crippen LogP contribution in [0.3, 0.4) is 0 Å². The monoisotopic (exact) mass is 539 g/mol. The summed E-state index contributed by atoms with van der Waals surface area (Å²) >= 11 is 0. The van der Waals surface area contributed by atoms with Crippen molar-refractivity contribution in [2.75, 3.05) is 16.4 Å². The van der Waals surface area contributed by atoms with Crippen molar-refractivity contribution in [3.8, 4) is 11.1 Å². The van der Waals surface area contributed by atoms with Crippen molar-refractivity contribution in [1.29, 1.82) is 0 Å². The fraction of sp³-hybridized carbons (Fsp3) is 0.0294. The molecule has 0 bridgehead atoms. The SMILES string of the molecule is Nc1cc(NC(=O)c2ccc(C(=O)O)cc2)cc(C(=O)Nc2ccc(C3c4ccccc4-c4ccccc43)cc2)c1. The molecule has 0 unspecified atom stereocenters. The molecule has 0 saturated carbocycles. The second kappa shape index (κ2) is 10.5. The third-order valence-electron chi connectivity index (χ3n) is 7.21. The molecule has 0 fully saturated rings. The van der Waals surface area contributed by atoms with Crippen molar-refractivity contribution in [3.05, 3.63) is 149 Å². The lowest BCUT2D eigenvalue weighted by molar-refractivity contribution is 0.0696. The Morgan fingerprint density at radius 2 is 1.12 bits per heavy atom. The number of nitrogens with two attached hydrogens (primary N) is 1. The minimum absolute atomic E-state index is 0.0790. The molecule has 41 heavy (non-hydrogen) atoms. The van der Waals surface area contributed by atoms with E-state index in [0.717, 1.165) is 5.56 Å². The average Bonchev–Trinajstić information content (AvgIpc) is 3.32. The van der Waals surface area contributed by atoms with Crippen LogP contribution < -0.4 is 16.4 Å². The number of fused-ring (bicyclic) bond motifs is 3. The van der Waals surface area contributed by atoms with Crippen LogP contribution in [0.25, 0.3) is 11.1 Å². The number of nitrogens with one attached hydrogen (secondary N) is 2. The summed E-state index contributed by atoms with van der Waals surface area (Å²) in [5.74, 6) is -1.78. The fourth-order valence-electron chi connectivity index (χ4n) is 5.30. The number of hydrogen-bond acceptors (Lipinski definition) is 4. The molecular weight excluding hydrogens is 514 g/mol. The van der Waals surface area contributed by atoms with E-state index < -0.39 is 11.9 Å². The van der Waals surface area contributed by atoms with Gasteiger partial charge in [0.2, 0.25) is 0 Å². The van der Waals surface area contributed by atoms with Crippen LogP contribution in [0.5, 0.6) is 0 Å². The Hall–Kier alpha value is -5.69. The number of carboxylic acids is 1. The summed E-state index contributed by atoms with van der Waals surface area (Å²) in [5, 5.41) is 14.7. The lowest BCUT2D eigenvalue weighted by Gasteiger charge is -2.15. The molecule has 6 rings (SSSR count). The first-order chi connectivity index (χ1) is 19.9. The molecule has 200 valence electrons. The molecule has 5 aromatic rings. The molecule has 2 amide bonds. The first kappa shape index (κ1) is 25.6. The third kappa shape index (κ3) is 5.04. The first-order valence-corrected chi connectivity index (χ1v) is 13.0. The molecule has 1 aliphatic rings. The minimum Gasteiger partial charge on any atom is -0.478 e. The zero-order valence-corrected chi connectivity index (χ0v) is 21.8. The molecule has 5 N–H and O–H groups in total. The van der Waals surface area contributed by atoms with Crippen LogP contribution in [0.2, 0.25) is 0 Å². The molecule has 0 aliphatic heterocycles. The number of carbonyl (C=O) groups is 3. The highest BCUT2D eigenvalue weighted by Crippen LogP contribution is 2.47. The number of carbonyl (C=O) groups excluding carboxylic acids is 2. The maximum atomic E-state index is 13.1. The van der Waals surface area contributed by atoms with Gasteiger partial charge in [-0.05, 0) is 82.4 Å². The van der Waals surface area contributed by atoms with E-state index in [1.807, 2.05) is 24.3 Å². The summed E-state index contributed by atoms with van der Waals surface area (Å²) in [6.07, 6.45) is 0. The van der Waals surface area contributed by atoms with E-state index in [-0.39, 0.29) is 28.5 Å². The molecule has 1 aliphatic carbocycles. The van der Waals surface area contributed by atoms with Crippen molar-refractivity contribution in [2.24, 2.45) is 0 Å². The van der Waals surface area contributed by atoms with Crippen molar-refractivity contribution >= 4 is 34.8 Å². The van der Waals surface area contributed by atoms with Crippen LogP contribution in [-0.4, -0.2) is 22.9 Å². The highest BCUT2D eigenvalue weighted by molar-refractivity contribution is 6.08. The summed E-state index contributed by atoms with van der Waals surface area (Å²) in [6.45, 7) is 0. The number of hydrogen-bond donors (Lipinski definition) is 4. The molecule has 7 nitrogen and oxygen atoms in total. The molecule has 5 aromatic carbocycles. The first-order valence-electron chi connectivity index (χ1n) is 13.0. The quantitative estimate of drug-likeness (QED) is 0.177. The minimum atomic E-state index is -1.08. The highest BCUT2D eigenvalue weighted by Gasteiger charge is 2.29. The summed E-state index contributed by atoms with van der Waals surface area (Å²) in [6, 6.07) is 34.9. The Bertz CT molecular complexity index is 1770. The predicted octanol–water partition coefficient (Wildman–Crippen LogP) is 6.63. The molecule has 0 spiro atoms. The zero-order valence-electron chi connectivity index (χ0n) is 21.8. The number of nitrogen functional groups attached to an aromatic ring is 1. The second-order valence-corrected chi connectivity index (χ2v) is 9.86. The van der Waals surface area contributed by atoms with Crippen LogP contribution in [-0.2, 0) is 0 Å². The van der Waals surface area contributed by atoms with Gasteiger partial charge in [0.25, 0.3) is 11.8 Å². The van der Waals surface area contributed by atoms with Gasteiger partial charge in [-0.15, -0.1) is 0 Å². The number of rotatable bonds is 6. The lowest BCUT2D eigenvalue weighted by atomic mass is 9.89. The van der Waals surface area contributed by atoms with Gasteiger partial charge in [-0.25, -0.2) is 4.79 Å². The molecule has 0 heterocycles. The molecule has 0 saturated heterocycles. The van der Waals surface area contributed by atoms with E-state index >= 15 is 0 Å². The number of benzene rings is 5. The van der Waals surface area contributed by atoms with E-state index in [4.69, 9.17) is 10.8 Å². The van der Waals surface area contributed by atoms with Crippen LogP contribution in [0, 0.1) is 0 Å². The summed E-state index contributed by atoms with van der Waals surface area (Å²) in [7, 11) is 0. The van der Waals surface area contributed by atoms with Gasteiger partial charge in [-0.3, -0.25) is 9.59 Å². The topological polar surface area (TPSA) is 122 Å². The predicted molar refractivity (Wildman–Crippen MR) is 159 cm³/mol. The van der Waals surface area contributed by atoms with Crippen LogP contribution in [0.15, 0.2) is 115 Å². The summed E-state index contributed by atoms with van der Waals surface area (Å²) < 4.78 is 0. The van der Waals surface area contributed by atoms with Gasteiger partial charge in [0.05, 0.1) is 5.56 Å². The Kier molecular flexibility index (Phi) is 6.53. The highest BCUT2D eigenvalue weighted by atomic mass is 16.4. The summed E-state index contributed by atoms with van der Waals surface area (Å²) in [4.78, 5) is 36.8. The Labute approximate surface area is 236 Å². The van der Waals surface area contributed by atoms with Gasteiger partial charge in [-0.1, -0.05) is 60.7 Å². The number of anilines is 3. The van der Waals surface area contributed by atoms with Crippen molar-refractivity contribution in [2.45, 2.75) is 5.92 Å². The maximum Gasteiger partial charge on any atom is 0.335 e. The fourth-order valence-corrected chi connectivity index (χ4v) is 5.30. The summed E-state index contributed by atoms with van der Waals surface area (Å²) in [5.41, 5.74) is 14.1. The molecule has 0 radical (unpaired) electrons. The van der Waals surface area contributed by atoms with E-state index in [1.54, 1.807) is 6.07 Å². The standard InChI is InChI=1S/C34H25N3O4/c35-24-17-23(18-26(19-24)37-32(38)21-9-11-22(12-10-21)34(40)41)33(39)36-25-15-13-20(14-16-25)31-29-7-3-1-5-27(29)28-6-2-4-8-30(28)31/h1-19,31H,35H2,(H,36,39)(H,37,38)(H,40,41). The van der Waals surface area contributed by atoms with Gasteiger partial charge in [0.15, 0.2) is 0 Å². The lowest BCUT2D eigenvalue weighted by Crippen LogP contribution is -2.15. The average molecular weight is 540 g/mol. The molecular formula is C34H25N3O4. The van der Waals surface area contributed by atoms with E-state index in [1.165, 1.54) is 58.7 Å². The molecule has 0 aromatic heterocycles. The molecule has 7 heteroatoms. The Balaban J connectivity index is 1.18. The van der Waals surface area contributed by atoms with Gasteiger partial charge in [-0.2, -0.15) is 0 Å². The van der Waals surface area contributed by atoms with Gasteiger partial charge >= 0.3 is 5.97 Å². The van der Waals surface area contributed by atoms with Crippen molar-refractivity contribution < 1.29 is 19.5 Å². The number of amides is 2. The van der Waals surface area contributed by atoms with Crippen molar-refractivity contribution in [3.63, 3.8) is 0 Å². The van der Waals surface area contributed by atoms with Crippen LogP contribution in [0.1, 0.15) is 53.7 Å². The second-order valence-electron chi connectivity index (χ2n) is 9.86. The van der Waals surface area contributed by atoms with Gasteiger partial charge < -0.3 is 21.5 Å².